The molecule has 10 heteroatoms. The Bertz CT molecular complexity index is 943. The quantitative estimate of drug-likeness (QED) is 0.605. The molecule has 1 N–H and O–H groups in total. The van der Waals surface area contributed by atoms with Crippen molar-refractivity contribution in [1.29, 1.82) is 0 Å². The highest BCUT2D eigenvalue weighted by Crippen LogP contribution is 2.34. The number of hydrogen-bond acceptors (Lipinski definition) is 4. The van der Waals surface area contributed by atoms with E-state index >= 15 is 0 Å². The molecule has 0 fully saturated rings. The van der Waals surface area contributed by atoms with Crippen LogP contribution in [0.4, 0.5) is 19.0 Å². The highest BCUT2D eigenvalue weighted by Gasteiger charge is 2.33. The number of nitrogens with one attached hydrogen (secondary N) is 1. The van der Waals surface area contributed by atoms with E-state index in [0.717, 1.165) is 22.3 Å². The molecule has 1 amide bonds. The minimum absolute atomic E-state index is 0.196. The van der Waals surface area contributed by atoms with Gasteiger partial charge in [-0.2, -0.15) is 17.5 Å². The van der Waals surface area contributed by atoms with E-state index in [2.05, 4.69) is 14.7 Å². The van der Waals surface area contributed by atoms with Gasteiger partial charge < -0.3 is 5.32 Å². The number of rotatable bonds is 2. The molecule has 0 bridgehead atoms. The lowest BCUT2D eigenvalue weighted by Gasteiger charge is -2.09. The number of amides is 1. The summed E-state index contributed by atoms with van der Waals surface area (Å²) in [5.41, 5.74) is -1.37. The largest absolute Gasteiger partial charge is 0.433 e. The summed E-state index contributed by atoms with van der Waals surface area (Å²) in [5, 5.41) is 2.89. The average molecular weight is 392 g/mol. The molecule has 0 aliphatic carbocycles. The van der Waals surface area contributed by atoms with Crippen molar-refractivity contribution >= 4 is 56.5 Å². The number of benzene rings is 1. The van der Waals surface area contributed by atoms with E-state index in [4.69, 9.17) is 23.2 Å². The van der Waals surface area contributed by atoms with E-state index in [0.29, 0.717) is 16.5 Å². The molecule has 0 saturated heterocycles. The molecule has 4 nitrogen and oxygen atoms in total. The van der Waals surface area contributed by atoms with Gasteiger partial charge in [0.25, 0.3) is 5.91 Å². The topological polar surface area (TPSA) is 54.9 Å². The third-order valence-electron chi connectivity index (χ3n) is 3.06. The number of pyridine rings is 1. The summed E-state index contributed by atoms with van der Waals surface area (Å²) in [6.45, 7) is 0. The van der Waals surface area contributed by atoms with Gasteiger partial charge in [-0.3, -0.25) is 4.79 Å². The first-order chi connectivity index (χ1) is 11.3. The summed E-state index contributed by atoms with van der Waals surface area (Å²) in [7, 11) is 0. The third kappa shape index (κ3) is 3.17. The van der Waals surface area contributed by atoms with E-state index in [1.165, 1.54) is 0 Å². The second-order valence-electron chi connectivity index (χ2n) is 4.63. The van der Waals surface area contributed by atoms with E-state index in [9.17, 15) is 18.0 Å². The zero-order chi connectivity index (χ0) is 17.5. The Balaban J connectivity index is 1.92. The number of carbonyl (C=O) groups is 1. The van der Waals surface area contributed by atoms with Crippen LogP contribution < -0.4 is 5.32 Å². The van der Waals surface area contributed by atoms with Crippen molar-refractivity contribution in [2.75, 3.05) is 5.32 Å². The van der Waals surface area contributed by atoms with Crippen LogP contribution in [0.1, 0.15) is 16.1 Å². The SMILES string of the molecule is O=C(Nc1nsc2cccc(Cl)c12)c1ccc(C(F)(F)F)nc1Cl. The second-order valence-corrected chi connectivity index (χ2v) is 6.20. The van der Waals surface area contributed by atoms with Gasteiger partial charge in [0.05, 0.1) is 20.7 Å². The van der Waals surface area contributed by atoms with Crippen molar-refractivity contribution in [3.63, 3.8) is 0 Å². The summed E-state index contributed by atoms with van der Waals surface area (Å²) in [4.78, 5) is 15.5. The van der Waals surface area contributed by atoms with Crippen LogP contribution >= 0.6 is 34.7 Å². The Morgan fingerprint density at radius 1 is 1.17 bits per heavy atom. The number of halogens is 5. The Hall–Kier alpha value is -1.90. The normalized spacial score (nSPS) is 11.7. The molecule has 0 spiro atoms. The van der Waals surface area contributed by atoms with Crippen LogP contribution in [0.2, 0.25) is 10.2 Å². The minimum Gasteiger partial charge on any atom is -0.305 e. The lowest BCUT2D eigenvalue weighted by atomic mass is 10.2. The maximum atomic E-state index is 12.6. The summed E-state index contributed by atoms with van der Waals surface area (Å²) in [6.07, 6.45) is -4.64. The molecule has 0 aliphatic heterocycles. The number of hydrogen-bond donors (Lipinski definition) is 1. The molecule has 2 heterocycles. The number of nitrogens with zero attached hydrogens (tertiary/aromatic N) is 2. The third-order valence-corrected chi connectivity index (χ3v) is 4.48. The van der Waals surface area contributed by atoms with Crippen molar-refractivity contribution in [3.05, 3.63) is 51.8 Å². The summed E-state index contributed by atoms with van der Waals surface area (Å²) in [5.74, 6) is -0.519. The number of carbonyl (C=O) groups excluding carboxylic acids is 1. The molecular weight excluding hydrogens is 386 g/mol. The van der Waals surface area contributed by atoms with Crippen LogP contribution in [0.25, 0.3) is 10.1 Å². The Morgan fingerprint density at radius 2 is 1.92 bits per heavy atom. The van der Waals surface area contributed by atoms with E-state index < -0.39 is 22.9 Å². The maximum Gasteiger partial charge on any atom is 0.433 e. The molecule has 124 valence electrons. The minimum atomic E-state index is -4.64. The molecule has 1 aromatic carbocycles. The smallest absolute Gasteiger partial charge is 0.305 e. The Morgan fingerprint density at radius 3 is 2.58 bits per heavy atom. The van der Waals surface area contributed by atoms with Crippen LogP contribution in [0, 0.1) is 0 Å². The number of fused-ring (bicyclic) bond motifs is 1. The van der Waals surface area contributed by atoms with Gasteiger partial charge in [-0.05, 0) is 35.8 Å². The lowest BCUT2D eigenvalue weighted by molar-refractivity contribution is -0.141. The molecule has 0 aliphatic rings. The van der Waals surface area contributed by atoms with Gasteiger partial charge in [0, 0.05) is 0 Å². The van der Waals surface area contributed by atoms with Crippen LogP contribution in [-0.4, -0.2) is 15.3 Å². The van der Waals surface area contributed by atoms with Gasteiger partial charge in [0.2, 0.25) is 0 Å². The average Bonchev–Trinajstić information content (AvgIpc) is 2.90. The molecular formula is C14H6Cl2F3N3OS. The molecule has 0 saturated carbocycles. The van der Waals surface area contributed by atoms with Crippen LogP contribution in [0.15, 0.2) is 30.3 Å². The summed E-state index contributed by atoms with van der Waals surface area (Å²) >= 11 is 12.9. The second kappa shape index (κ2) is 6.19. The van der Waals surface area contributed by atoms with Gasteiger partial charge in [-0.1, -0.05) is 29.3 Å². The first-order valence-corrected chi connectivity index (χ1v) is 7.89. The zero-order valence-electron chi connectivity index (χ0n) is 11.5. The van der Waals surface area contributed by atoms with Gasteiger partial charge in [0.1, 0.15) is 10.8 Å². The maximum absolute atomic E-state index is 12.6. The van der Waals surface area contributed by atoms with E-state index in [1.54, 1.807) is 18.2 Å². The predicted octanol–water partition coefficient (Wildman–Crippen LogP) is 5.27. The molecule has 2 aromatic heterocycles. The van der Waals surface area contributed by atoms with Crippen LogP contribution in [0.5, 0.6) is 0 Å². The molecule has 0 unspecified atom stereocenters. The van der Waals surface area contributed by atoms with Gasteiger partial charge >= 0.3 is 6.18 Å². The predicted molar refractivity (Wildman–Crippen MR) is 86.8 cm³/mol. The van der Waals surface area contributed by atoms with E-state index in [1.807, 2.05) is 0 Å². The Labute approximate surface area is 147 Å². The number of alkyl halides is 3. The fraction of sp³-hybridized carbons (Fsp3) is 0.0714. The van der Waals surface area contributed by atoms with E-state index in [-0.39, 0.29) is 11.4 Å². The van der Waals surface area contributed by atoms with Crippen molar-refractivity contribution in [2.45, 2.75) is 6.18 Å². The molecule has 24 heavy (non-hydrogen) atoms. The van der Waals surface area contributed by atoms with Crippen molar-refractivity contribution in [3.8, 4) is 0 Å². The fourth-order valence-electron chi connectivity index (χ4n) is 1.97. The zero-order valence-corrected chi connectivity index (χ0v) is 13.8. The standard InChI is InChI=1S/C14H6Cl2F3N3OS/c15-7-2-1-3-8-10(7)12(22-24-8)21-13(23)6-4-5-9(14(17,18)19)20-11(6)16/h1-5H,(H,21,22,23). The Kier molecular flexibility index (Phi) is 4.37. The monoisotopic (exact) mass is 391 g/mol. The molecule has 3 aromatic rings. The number of aromatic nitrogens is 2. The van der Waals surface area contributed by atoms with Crippen molar-refractivity contribution in [2.24, 2.45) is 0 Å². The summed E-state index contributed by atoms with van der Waals surface area (Å²) in [6, 6.07) is 6.81. The molecule has 0 radical (unpaired) electrons. The van der Waals surface area contributed by atoms with Crippen molar-refractivity contribution < 1.29 is 18.0 Å². The first-order valence-electron chi connectivity index (χ1n) is 6.36. The van der Waals surface area contributed by atoms with Crippen LogP contribution in [-0.2, 0) is 6.18 Å². The highest BCUT2D eigenvalue weighted by atomic mass is 35.5. The van der Waals surface area contributed by atoms with Gasteiger partial charge in [-0.15, -0.1) is 0 Å². The number of anilines is 1. The van der Waals surface area contributed by atoms with Crippen molar-refractivity contribution in [1.82, 2.24) is 9.36 Å². The fourth-order valence-corrected chi connectivity index (χ4v) is 3.30. The lowest BCUT2D eigenvalue weighted by Crippen LogP contribution is -2.15. The highest BCUT2D eigenvalue weighted by molar-refractivity contribution is 7.13. The first kappa shape index (κ1) is 16.9. The summed E-state index contributed by atoms with van der Waals surface area (Å²) < 4.78 is 42.6. The van der Waals surface area contributed by atoms with Gasteiger partial charge in [-0.25, -0.2) is 4.98 Å². The molecule has 3 rings (SSSR count). The van der Waals surface area contributed by atoms with Crippen LogP contribution in [0.3, 0.4) is 0 Å². The molecule has 0 atom stereocenters. The van der Waals surface area contributed by atoms with Gasteiger partial charge in [0.15, 0.2) is 5.82 Å².